The first-order valence-electron chi connectivity index (χ1n) is 4.93. The van der Waals surface area contributed by atoms with E-state index in [0.717, 1.165) is 0 Å². The number of nitrogens with one attached hydrogen (secondary N) is 1. The van der Waals surface area contributed by atoms with Crippen molar-refractivity contribution in [3.63, 3.8) is 0 Å². The number of rotatable bonds is 4. The zero-order valence-corrected chi connectivity index (χ0v) is 9.16. The first-order valence-corrected chi connectivity index (χ1v) is 4.93. The van der Waals surface area contributed by atoms with E-state index in [2.05, 4.69) is 5.32 Å². The smallest absolute Gasteiger partial charge is 0.255 e. The summed E-state index contributed by atoms with van der Waals surface area (Å²) in [5.41, 5.74) is 0.447. The third kappa shape index (κ3) is 2.94. The molecular weight excluding hydrogens is 194 g/mol. The molecule has 0 bridgehead atoms. The second kappa shape index (κ2) is 4.77. The van der Waals surface area contributed by atoms with Crippen LogP contribution in [0.1, 0.15) is 36.4 Å². The lowest BCUT2D eigenvalue weighted by atomic mass is 10.1. The van der Waals surface area contributed by atoms with Crippen LogP contribution in [-0.4, -0.2) is 17.7 Å². The zero-order valence-electron chi connectivity index (χ0n) is 9.16. The Hall–Kier alpha value is -1.58. The van der Waals surface area contributed by atoms with Crippen LogP contribution < -0.4 is 5.32 Å². The Morgan fingerprint density at radius 1 is 1.53 bits per heavy atom. The van der Waals surface area contributed by atoms with Crippen LogP contribution in [0.25, 0.3) is 0 Å². The van der Waals surface area contributed by atoms with Gasteiger partial charge in [-0.15, -0.1) is 0 Å². The average molecular weight is 209 g/mol. The maximum atomic E-state index is 11.6. The van der Waals surface area contributed by atoms with Gasteiger partial charge in [-0.25, -0.2) is 0 Å². The molecule has 0 spiro atoms. The quantitative estimate of drug-likeness (QED) is 0.820. The molecule has 15 heavy (non-hydrogen) atoms. The van der Waals surface area contributed by atoms with Gasteiger partial charge in [0.1, 0.15) is 12.0 Å². The monoisotopic (exact) mass is 209 g/mol. The summed E-state index contributed by atoms with van der Waals surface area (Å²) in [5, 5.41) is 2.61. The van der Waals surface area contributed by atoms with Gasteiger partial charge in [-0.2, -0.15) is 0 Å². The Kier molecular flexibility index (Phi) is 3.66. The van der Waals surface area contributed by atoms with Crippen LogP contribution >= 0.6 is 0 Å². The number of ketones is 1. The second-order valence-corrected chi connectivity index (χ2v) is 3.46. The molecule has 1 rings (SSSR count). The molecule has 0 radical (unpaired) electrons. The average Bonchev–Trinajstić information content (AvgIpc) is 2.63. The van der Waals surface area contributed by atoms with Gasteiger partial charge in [-0.1, -0.05) is 6.92 Å². The minimum absolute atomic E-state index is 0.0172. The Morgan fingerprint density at radius 2 is 2.20 bits per heavy atom. The molecule has 0 fully saturated rings. The van der Waals surface area contributed by atoms with E-state index in [1.807, 2.05) is 0 Å². The maximum absolute atomic E-state index is 11.6. The van der Waals surface area contributed by atoms with E-state index in [1.54, 1.807) is 26.8 Å². The molecule has 1 amide bonds. The first-order chi connectivity index (χ1) is 7.04. The van der Waals surface area contributed by atoms with Crippen molar-refractivity contribution in [2.24, 2.45) is 0 Å². The Morgan fingerprint density at radius 3 is 2.67 bits per heavy atom. The summed E-state index contributed by atoms with van der Waals surface area (Å²) in [5.74, 6) is 0.416. The Balaban J connectivity index is 2.60. The third-order valence-corrected chi connectivity index (χ3v) is 2.17. The fraction of sp³-hybridized carbons (Fsp3) is 0.455. The first kappa shape index (κ1) is 11.5. The van der Waals surface area contributed by atoms with Gasteiger partial charge in [0.2, 0.25) is 0 Å². The second-order valence-electron chi connectivity index (χ2n) is 3.46. The highest BCUT2D eigenvalue weighted by Gasteiger charge is 2.15. The fourth-order valence-electron chi connectivity index (χ4n) is 1.23. The molecule has 0 aliphatic heterocycles. The van der Waals surface area contributed by atoms with Crippen LogP contribution in [0.4, 0.5) is 0 Å². The molecule has 0 saturated heterocycles. The van der Waals surface area contributed by atoms with Crippen LogP contribution in [0, 0.1) is 6.92 Å². The maximum Gasteiger partial charge on any atom is 0.255 e. The Labute approximate surface area is 88.7 Å². The molecule has 0 aliphatic carbocycles. The van der Waals surface area contributed by atoms with Crippen molar-refractivity contribution in [2.75, 3.05) is 0 Å². The van der Waals surface area contributed by atoms with E-state index in [4.69, 9.17) is 4.42 Å². The summed E-state index contributed by atoms with van der Waals surface area (Å²) < 4.78 is 5.01. The summed E-state index contributed by atoms with van der Waals surface area (Å²) in [6.45, 7) is 5.21. The molecule has 1 heterocycles. The number of Topliss-reactive ketones (excluding diaryl/α,β-unsaturated/α-hetero) is 1. The van der Waals surface area contributed by atoms with Crippen molar-refractivity contribution >= 4 is 11.7 Å². The SMILES string of the molecule is CCC(=O)C(C)NC(=O)c1coc(C)c1. The zero-order chi connectivity index (χ0) is 11.4. The third-order valence-electron chi connectivity index (χ3n) is 2.17. The summed E-state index contributed by atoms with van der Waals surface area (Å²) >= 11 is 0. The van der Waals surface area contributed by atoms with E-state index < -0.39 is 6.04 Å². The topological polar surface area (TPSA) is 59.3 Å². The molecular formula is C11H15NO3. The highest BCUT2D eigenvalue weighted by atomic mass is 16.3. The molecule has 0 saturated carbocycles. The van der Waals surface area contributed by atoms with Gasteiger partial charge in [-0.05, 0) is 19.9 Å². The molecule has 4 heteroatoms. The number of hydrogen-bond donors (Lipinski definition) is 1. The Bertz CT molecular complexity index is 368. The van der Waals surface area contributed by atoms with Crippen molar-refractivity contribution in [3.8, 4) is 0 Å². The highest BCUT2D eigenvalue weighted by molar-refractivity contribution is 5.97. The van der Waals surface area contributed by atoms with Gasteiger partial charge in [0, 0.05) is 6.42 Å². The molecule has 0 aliphatic rings. The summed E-state index contributed by atoms with van der Waals surface area (Å²) in [6.07, 6.45) is 1.81. The predicted octanol–water partition coefficient (Wildman–Crippen LogP) is 1.69. The van der Waals surface area contributed by atoms with Crippen molar-refractivity contribution in [3.05, 3.63) is 23.7 Å². The van der Waals surface area contributed by atoms with Gasteiger partial charge in [0.15, 0.2) is 5.78 Å². The largest absolute Gasteiger partial charge is 0.469 e. The van der Waals surface area contributed by atoms with Gasteiger partial charge in [0.05, 0.1) is 11.6 Å². The minimum atomic E-state index is -0.447. The highest BCUT2D eigenvalue weighted by Crippen LogP contribution is 2.06. The molecule has 1 aromatic rings. The lowest BCUT2D eigenvalue weighted by molar-refractivity contribution is -0.120. The van der Waals surface area contributed by atoms with Crippen molar-refractivity contribution in [2.45, 2.75) is 33.2 Å². The van der Waals surface area contributed by atoms with Gasteiger partial charge in [0.25, 0.3) is 5.91 Å². The molecule has 4 nitrogen and oxygen atoms in total. The number of carbonyl (C=O) groups is 2. The fourth-order valence-corrected chi connectivity index (χ4v) is 1.23. The lowest BCUT2D eigenvalue weighted by Gasteiger charge is -2.10. The molecule has 1 atom stereocenters. The van der Waals surface area contributed by atoms with Crippen LogP contribution in [0.15, 0.2) is 16.7 Å². The number of carbonyl (C=O) groups excluding carboxylic acids is 2. The van der Waals surface area contributed by atoms with Crippen LogP contribution in [0.3, 0.4) is 0 Å². The number of aryl methyl sites for hydroxylation is 1. The molecule has 1 unspecified atom stereocenters. The normalized spacial score (nSPS) is 12.2. The van der Waals surface area contributed by atoms with Crippen LogP contribution in [0.2, 0.25) is 0 Å². The van der Waals surface area contributed by atoms with E-state index in [-0.39, 0.29) is 11.7 Å². The van der Waals surface area contributed by atoms with E-state index in [9.17, 15) is 9.59 Å². The number of furan rings is 1. The molecule has 1 N–H and O–H groups in total. The van der Waals surface area contributed by atoms with Gasteiger partial charge in [-0.3, -0.25) is 9.59 Å². The lowest BCUT2D eigenvalue weighted by Crippen LogP contribution is -2.38. The van der Waals surface area contributed by atoms with Crippen molar-refractivity contribution < 1.29 is 14.0 Å². The van der Waals surface area contributed by atoms with Gasteiger partial charge >= 0.3 is 0 Å². The van der Waals surface area contributed by atoms with Crippen molar-refractivity contribution in [1.29, 1.82) is 0 Å². The van der Waals surface area contributed by atoms with E-state index in [1.165, 1.54) is 6.26 Å². The number of amides is 1. The predicted molar refractivity (Wildman–Crippen MR) is 55.7 cm³/mol. The summed E-state index contributed by atoms with van der Waals surface area (Å²) in [6, 6.07) is 1.19. The minimum Gasteiger partial charge on any atom is -0.469 e. The molecule has 0 aromatic carbocycles. The standard InChI is InChI=1S/C11H15NO3/c1-4-10(13)8(3)12-11(14)9-5-7(2)15-6-9/h5-6,8H,4H2,1-3H3,(H,12,14). The number of hydrogen-bond acceptors (Lipinski definition) is 3. The summed E-state index contributed by atoms with van der Waals surface area (Å²) in [4.78, 5) is 22.8. The van der Waals surface area contributed by atoms with Crippen molar-refractivity contribution in [1.82, 2.24) is 5.32 Å². The molecule has 1 aromatic heterocycles. The van der Waals surface area contributed by atoms with Crippen LogP contribution in [0.5, 0.6) is 0 Å². The van der Waals surface area contributed by atoms with E-state index >= 15 is 0 Å². The molecule has 82 valence electrons. The van der Waals surface area contributed by atoms with Crippen LogP contribution in [-0.2, 0) is 4.79 Å². The summed E-state index contributed by atoms with van der Waals surface area (Å²) in [7, 11) is 0. The van der Waals surface area contributed by atoms with Gasteiger partial charge < -0.3 is 9.73 Å². The van der Waals surface area contributed by atoms with E-state index in [0.29, 0.717) is 17.7 Å².